The van der Waals surface area contributed by atoms with Crippen LogP contribution >= 0.6 is 22.6 Å². The Kier molecular flexibility index (Phi) is 3.44. The van der Waals surface area contributed by atoms with Crippen LogP contribution in [0.25, 0.3) is 0 Å². The van der Waals surface area contributed by atoms with Crippen LogP contribution < -0.4 is 5.32 Å². The molecule has 0 aliphatic carbocycles. The Hall–Kier alpha value is -1.15. The molecule has 3 amide bonds. The second kappa shape index (κ2) is 5.09. The van der Waals surface area contributed by atoms with E-state index in [1.807, 2.05) is 30.3 Å². The maximum Gasteiger partial charge on any atom is 0.326 e. The molecule has 2 aliphatic rings. The van der Waals surface area contributed by atoms with Crippen LogP contribution in [0.15, 0.2) is 30.3 Å². The molecular weight excluding hydrogens is 359 g/mol. The fraction of sp³-hybridized carbons (Fsp3) is 0.385. The average Bonchev–Trinajstić information content (AvgIpc) is 2.84. The van der Waals surface area contributed by atoms with Crippen molar-refractivity contribution in [3.05, 3.63) is 35.9 Å². The Balaban J connectivity index is 1.94. The number of urea groups is 1. The number of carbonyl (C=O) groups is 2. The van der Waals surface area contributed by atoms with E-state index >= 15 is 0 Å². The van der Waals surface area contributed by atoms with E-state index in [0.29, 0.717) is 6.54 Å². The summed E-state index contributed by atoms with van der Waals surface area (Å²) < 4.78 is 6.66. The van der Waals surface area contributed by atoms with Gasteiger partial charge in [-0.2, -0.15) is 0 Å². The third-order valence-electron chi connectivity index (χ3n) is 3.43. The third kappa shape index (κ3) is 2.23. The molecular formula is C13H13IN2O3. The van der Waals surface area contributed by atoms with Gasteiger partial charge in [0.1, 0.15) is 12.1 Å². The lowest BCUT2D eigenvalue weighted by molar-refractivity contribution is -0.129. The molecule has 1 aromatic rings. The third-order valence-corrected chi connectivity index (χ3v) is 4.41. The van der Waals surface area contributed by atoms with Crippen molar-refractivity contribution in [2.24, 2.45) is 0 Å². The molecule has 100 valence electrons. The van der Waals surface area contributed by atoms with Gasteiger partial charge in [-0.05, 0) is 5.56 Å². The van der Waals surface area contributed by atoms with Crippen LogP contribution in [-0.2, 0) is 9.53 Å². The molecule has 0 aromatic heterocycles. The summed E-state index contributed by atoms with van der Waals surface area (Å²) >= 11 is 2.23. The minimum absolute atomic E-state index is 0.00605. The number of rotatable bonds is 2. The van der Waals surface area contributed by atoms with Crippen molar-refractivity contribution < 1.29 is 14.3 Å². The molecule has 2 saturated heterocycles. The number of nitrogens with one attached hydrogen (secondary N) is 1. The number of hydrogen-bond acceptors (Lipinski definition) is 3. The van der Waals surface area contributed by atoms with Crippen LogP contribution in [0.5, 0.6) is 0 Å². The molecule has 0 unspecified atom stereocenters. The lowest BCUT2D eigenvalue weighted by Crippen LogP contribution is -2.56. The Morgan fingerprint density at radius 2 is 2.05 bits per heavy atom. The van der Waals surface area contributed by atoms with Crippen LogP contribution in [0.3, 0.4) is 0 Å². The van der Waals surface area contributed by atoms with Crippen LogP contribution in [0, 0.1) is 0 Å². The zero-order valence-corrected chi connectivity index (χ0v) is 12.2. The molecule has 2 aliphatic heterocycles. The number of nitrogens with zero attached hydrogens (tertiary/aromatic N) is 1. The van der Waals surface area contributed by atoms with E-state index in [2.05, 4.69) is 27.9 Å². The Morgan fingerprint density at radius 3 is 2.74 bits per heavy atom. The number of hydrogen-bond donors (Lipinski definition) is 1. The van der Waals surface area contributed by atoms with Gasteiger partial charge in [-0.25, -0.2) is 4.79 Å². The standard InChI is InChI=1S/C13H13IN2O3/c14-6-9-7-16-12(19-9)10(11(17)15-13(16)18)8-4-2-1-3-5-8/h1-5,9-10,12H,6-7H2,(H,15,17,18)/t9-,10+,12+/m0/s1. The van der Waals surface area contributed by atoms with Crippen molar-refractivity contribution in [2.75, 3.05) is 11.0 Å². The molecule has 0 bridgehead atoms. The first-order valence-corrected chi connectivity index (χ1v) is 7.61. The normalized spacial score (nSPS) is 30.2. The maximum absolute atomic E-state index is 12.1. The molecule has 5 nitrogen and oxygen atoms in total. The molecule has 0 spiro atoms. The number of carbonyl (C=O) groups excluding carboxylic acids is 2. The maximum atomic E-state index is 12.1. The van der Waals surface area contributed by atoms with Crippen molar-refractivity contribution in [3.63, 3.8) is 0 Å². The fourth-order valence-corrected chi connectivity index (χ4v) is 3.03. The average molecular weight is 372 g/mol. The lowest BCUT2D eigenvalue weighted by Gasteiger charge is -2.34. The first-order valence-electron chi connectivity index (χ1n) is 6.08. The second-order valence-corrected chi connectivity index (χ2v) is 5.52. The zero-order chi connectivity index (χ0) is 13.4. The first kappa shape index (κ1) is 12.9. The van der Waals surface area contributed by atoms with E-state index in [9.17, 15) is 9.59 Å². The molecule has 19 heavy (non-hydrogen) atoms. The van der Waals surface area contributed by atoms with E-state index in [4.69, 9.17) is 4.74 Å². The largest absolute Gasteiger partial charge is 0.351 e. The highest BCUT2D eigenvalue weighted by Gasteiger charge is 2.48. The van der Waals surface area contributed by atoms with Gasteiger partial charge in [-0.15, -0.1) is 0 Å². The number of fused-ring (bicyclic) bond motifs is 1. The van der Waals surface area contributed by atoms with E-state index in [1.54, 1.807) is 4.90 Å². The van der Waals surface area contributed by atoms with Gasteiger partial charge in [0, 0.05) is 4.43 Å². The highest BCUT2D eigenvalue weighted by Crippen LogP contribution is 2.33. The van der Waals surface area contributed by atoms with Crippen LogP contribution in [0.2, 0.25) is 0 Å². The summed E-state index contributed by atoms with van der Waals surface area (Å²) in [7, 11) is 0. The van der Waals surface area contributed by atoms with Crippen LogP contribution in [0.4, 0.5) is 4.79 Å². The number of imide groups is 1. The molecule has 6 heteroatoms. The highest BCUT2D eigenvalue weighted by atomic mass is 127. The summed E-state index contributed by atoms with van der Waals surface area (Å²) in [5.74, 6) is -0.738. The van der Waals surface area contributed by atoms with E-state index in [1.165, 1.54) is 0 Å². The van der Waals surface area contributed by atoms with Gasteiger partial charge in [0.15, 0.2) is 0 Å². The quantitative estimate of drug-likeness (QED) is 0.632. The topological polar surface area (TPSA) is 58.6 Å². The van der Waals surface area contributed by atoms with Gasteiger partial charge >= 0.3 is 6.03 Å². The van der Waals surface area contributed by atoms with Crippen molar-refractivity contribution in [1.29, 1.82) is 0 Å². The van der Waals surface area contributed by atoms with Gasteiger partial charge in [0.05, 0.1) is 12.6 Å². The number of ether oxygens (including phenoxy) is 1. The molecule has 3 atom stereocenters. The number of alkyl halides is 1. The Morgan fingerprint density at radius 1 is 1.32 bits per heavy atom. The van der Waals surface area contributed by atoms with Gasteiger partial charge in [0.25, 0.3) is 0 Å². The highest BCUT2D eigenvalue weighted by molar-refractivity contribution is 14.1. The molecule has 1 N–H and O–H groups in total. The van der Waals surface area contributed by atoms with Gasteiger partial charge < -0.3 is 4.74 Å². The minimum atomic E-state index is -0.483. The summed E-state index contributed by atoms with van der Waals surface area (Å²) in [4.78, 5) is 25.6. The molecule has 2 fully saturated rings. The molecule has 0 radical (unpaired) electrons. The van der Waals surface area contributed by atoms with Gasteiger partial charge in [-0.1, -0.05) is 52.9 Å². The second-order valence-electron chi connectivity index (χ2n) is 4.64. The summed E-state index contributed by atoms with van der Waals surface area (Å²) in [5, 5.41) is 2.41. The van der Waals surface area contributed by atoms with Crippen LogP contribution in [0.1, 0.15) is 11.5 Å². The zero-order valence-electron chi connectivity index (χ0n) is 10.1. The fourth-order valence-electron chi connectivity index (χ4n) is 2.54. The predicted molar refractivity (Wildman–Crippen MR) is 77.0 cm³/mol. The molecule has 0 saturated carbocycles. The van der Waals surface area contributed by atoms with Crippen molar-refractivity contribution in [2.45, 2.75) is 18.2 Å². The van der Waals surface area contributed by atoms with Crippen molar-refractivity contribution >= 4 is 34.5 Å². The molecule has 3 rings (SSSR count). The number of halogens is 1. The van der Waals surface area contributed by atoms with E-state index < -0.39 is 12.1 Å². The summed E-state index contributed by atoms with van der Waals surface area (Å²) in [6.45, 7) is 0.538. The van der Waals surface area contributed by atoms with Gasteiger partial charge in [0.2, 0.25) is 5.91 Å². The van der Waals surface area contributed by atoms with E-state index in [-0.39, 0.29) is 18.0 Å². The SMILES string of the molecule is O=C1NC(=O)N2C[C@H](CI)O[C@@H]2[C@@H]1c1ccccc1. The van der Waals surface area contributed by atoms with Crippen LogP contribution in [-0.4, -0.2) is 40.1 Å². The summed E-state index contributed by atoms with van der Waals surface area (Å²) in [6, 6.07) is 9.09. The van der Waals surface area contributed by atoms with E-state index in [0.717, 1.165) is 9.99 Å². The minimum Gasteiger partial charge on any atom is -0.351 e. The smallest absolute Gasteiger partial charge is 0.326 e. The van der Waals surface area contributed by atoms with Crippen molar-refractivity contribution in [3.8, 4) is 0 Å². The first-order chi connectivity index (χ1) is 9.20. The molecule has 2 heterocycles. The predicted octanol–water partition coefficient (Wildman–Crippen LogP) is 1.48. The Bertz CT molecular complexity index is 508. The number of benzene rings is 1. The monoisotopic (exact) mass is 372 g/mol. The summed E-state index contributed by atoms with van der Waals surface area (Å²) in [6.07, 6.45) is -0.489. The van der Waals surface area contributed by atoms with Crippen molar-refractivity contribution in [1.82, 2.24) is 10.2 Å². The summed E-state index contributed by atoms with van der Waals surface area (Å²) in [5.41, 5.74) is 0.872. The lowest BCUT2D eigenvalue weighted by atomic mass is 9.94. The molecule has 1 aromatic carbocycles. The Labute approximate surface area is 124 Å². The number of amides is 3. The van der Waals surface area contributed by atoms with Gasteiger partial charge in [-0.3, -0.25) is 15.0 Å².